The van der Waals surface area contributed by atoms with Gasteiger partial charge in [0.2, 0.25) is 11.8 Å². The lowest BCUT2D eigenvalue weighted by Gasteiger charge is -2.39. The zero-order valence-corrected chi connectivity index (χ0v) is 29.3. The number of allylic oxidation sites excluding steroid dienone is 2. The Hall–Kier alpha value is -2.57. The molecule has 4 rings (SSSR count). The van der Waals surface area contributed by atoms with Crippen LogP contribution in [0.2, 0.25) is 0 Å². The quantitative estimate of drug-likeness (QED) is 0.125. The molecule has 0 bridgehead atoms. The fourth-order valence-corrected chi connectivity index (χ4v) is 7.12. The molecule has 3 N–H and O–H groups in total. The van der Waals surface area contributed by atoms with Gasteiger partial charge in [-0.2, -0.15) is 0 Å². The number of carbonyl (C=O) groups excluding carboxylic acids is 3. The average molecular weight is 660 g/mol. The molecule has 0 aromatic rings. The Balaban J connectivity index is 1.24. The number of hydrogen-bond acceptors (Lipinski definition) is 9. The van der Waals surface area contributed by atoms with Crippen LogP contribution in [0.1, 0.15) is 86.0 Å². The molecule has 11 heteroatoms. The second-order valence-electron chi connectivity index (χ2n) is 14.4. The number of nitrogens with zero attached hydrogens (tertiary/aromatic N) is 1. The van der Waals surface area contributed by atoms with Gasteiger partial charge in [0.15, 0.2) is 0 Å². The minimum Gasteiger partial charge on any atom is -0.459 e. The monoisotopic (exact) mass is 659 g/mol. The van der Waals surface area contributed by atoms with Gasteiger partial charge in [0.25, 0.3) is 0 Å². The number of amides is 2. The van der Waals surface area contributed by atoms with Crippen LogP contribution in [0.3, 0.4) is 0 Å². The topological polar surface area (TPSA) is 139 Å². The maximum atomic E-state index is 12.9. The van der Waals surface area contributed by atoms with Crippen molar-refractivity contribution in [3.05, 3.63) is 36.0 Å². The first-order valence-corrected chi connectivity index (χ1v) is 17.3. The van der Waals surface area contributed by atoms with Crippen molar-refractivity contribution in [2.24, 2.45) is 5.92 Å². The van der Waals surface area contributed by atoms with E-state index in [1.54, 1.807) is 13.0 Å². The third-order valence-corrected chi connectivity index (χ3v) is 10.1. The summed E-state index contributed by atoms with van der Waals surface area (Å²) in [5, 5.41) is 17.3. The van der Waals surface area contributed by atoms with Gasteiger partial charge in [-0.05, 0) is 85.4 Å². The normalized spacial score (nSPS) is 36.9. The van der Waals surface area contributed by atoms with E-state index in [-0.39, 0.29) is 54.5 Å². The van der Waals surface area contributed by atoms with Crippen molar-refractivity contribution >= 4 is 17.8 Å². The number of hydrogen-bond donors (Lipinski definition) is 3. The summed E-state index contributed by atoms with van der Waals surface area (Å²) in [5.74, 6) is -0.418. The molecule has 0 radical (unpaired) electrons. The zero-order chi connectivity index (χ0) is 34.3. The third-order valence-electron chi connectivity index (χ3n) is 10.1. The van der Waals surface area contributed by atoms with Crippen LogP contribution >= 0.6 is 0 Å². The maximum Gasteiger partial charge on any atom is 0.303 e. The van der Waals surface area contributed by atoms with Crippen LogP contribution in [-0.2, 0) is 33.3 Å². The van der Waals surface area contributed by atoms with Crippen molar-refractivity contribution in [3.63, 3.8) is 0 Å². The Morgan fingerprint density at radius 1 is 1.06 bits per heavy atom. The van der Waals surface area contributed by atoms with Gasteiger partial charge in [-0.3, -0.25) is 14.4 Å². The molecular weight excluding hydrogens is 602 g/mol. The van der Waals surface area contributed by atoms with Crippen LogP contribution in [-0.4, -0.2) is 109 Å². The first-order valence-electron chi connectivity index (χ1n) is 17.3. The van der Waals surface area contributed by atoms with Crippen molar-refractivity contribution in [2.45, 2.75) is 146 Å². The second kappa shape index (κ2) is 16.7. The van der Waals surface area contributed by atoms with Crippen LogP contribution in [0.4, 0.5) is 0 Å². The van der Waals surface area contributed by atoms with Gasteiger partial charge in [0.05, 0.1) is 37.4 Å². The molecule has 1 aliphatic carbocycles. The summed E-state index contributed by atoms with van der Waals surface area (Å²) in [6, 6.07) is 0.663. The number of esters is 1. The molecule has 3 aliphatic heterocycles. The average Bonchev–Trinajstić information content (AvgIpc) is 3.77. The summed E-state index contributed by atoms with van der Waals surface area (Å²) < 4.78 is 23.3. The molecule has 9 atom stereocenters. The molecule has 11 nitrogen and oxygen atoms in total. The number of ether oxygens (including phenoxy) is 4. The fraction of sp³-hybridized carbons (Fsp3) is 0.750. The highest BCUT2D eigenvalue weighted by Gasteiger charge is 2.58. The van der Waals surface area contributed by atoms with Gasteiger partial charge in [0.1, 0.15) is 23.9 Å². The third kappa shape index (κ3) is 11.0. The predicted molar refractivity (Wildman–Crippen MR) is 178 cm³/mol. The Kier molecular flexibility index (Phi) is 13.2. The molecule has 3 heterocycles. The first kappa shape index (κ1) is 37.3. The number of epoxide rings is 1. The van der Waals surface area contributed by atoms with Gasteiger partial charge in [0, 0.05) is 31.5 Å². The fourth-order valence-electron chi connectivity index (χ4n) is 7.12. The van der Waals surface area contributed by atoms with Gasteiger partial charge < -0.3 is 39.6 Å². The summed E-state index contributed by atoms with van der Waals surface area (Å²) in [6.45, 7) is 9.61. The number of nitrogens with one attached hydrogen (secondary N) is 2. The number of carbonyl (C=O) groups is 3. The molecule has 3 saturated heterocycles. The van der Waals surface area contributed by atoms with E-state index in [0.29, 0.717) is 25.5 Å². The van der Waals surface area contributed by atoms with Crippen LogP contribution in [0, 0.1) is 5.92 Å². The van der Waals surface area contributed by atoms with Crippen LogP contribution in [0.5, 0.6) is 0 Å². The van der Waals surface area contributed by atoms with E-state index in [2.05, 4.69) is 42.6 Å². The molecule has 47 heavy (non-hydrogen) atoms. The lowest BCUT2D eigenvalue weighted by molar-refractivity contribution is -0.146. The standard InChI is InChI=1S/C36H57N3O8/c1-22(8-15-31-23(2)18-30(25(4)46-31)38-33(41)17-10-24(3)45-26(5)40)9-16-32-35(43)36(21-44-36)20-29(47-32)19-34(42)37-27-11-13-28(14-12-27)39(6)7/h8-10,16-17,23-25,27-32,35,43H,11-15,18-21H2,1-7H3,(H,37,42)(H,38,41)/b16-9+,17-10-,22-8+/t23-,24-,25+,27?,28?,29+,30+,31-,32+,35+,36?/m0/s1. The molecule has 1 saturated carbocycles. The first-order chi connectivity index (χ1) is 22.2. The molecule has 2 amide bonds. The van der Waals surface area contributed by atoms with E-state index in [4.69, 9.17) is 18.9 Å². The summed E-state index contributed by atoms with van der Waals surface area (Å²) in [5.41, 5.74) is 0.384. The molecule has 1 spiro atoms. The van der Waals surface area contributed by atoms with Crippen molar-refractivity contribution < 1.29 is 38.4 Å². The maximum absolute atomic E-state index is 12.9. The van der Waals surface area contributed by atoms with Gasteiger partial charge >= 0.3 is 5.97 Å². The van der Waals surface area contributed by atoms with E-state index >= 15 is 0 Å². The molecule has 264 valence electrons. The summed E-state index contributed by atoms with van der Waals surface area (Å²) in [6.07, 6.45) is 13.0. The highest BCUT2D eigenvalue weighted by molar-refractivity contribution is 5.87. The summed E-state index contributed by atoms with van der Waals surface area (Å²) in [4.78, 5) is 38.7. The van der Waals surface area contributed by atoms with Gasteiger partial charge in [-0.25, -0.2) is 0 Å². The van der Waals surface area contributed by atoms with Crippen LogP contribution in [0.15, 0.2) is 36.0 Å². The molecule has 0 aromatic carbocycles. The predicted octanol–water partition coefficient (Wildman–Crippen LogP) is 3.35. The molecular formula is C36H57N3O8. The van der Waals surface area contributed by atoms with Crippen molar-refractivity contribution in [1.29, 1.82) is 0 Å². The smallest absolute Gasteiger partial charge is 0.303 e. The zero-order valence-electron chi connectivity index (χ0n) is 29.3. The molecule has 4 aliphatic rings. The SMILES string of the molecule is CC(=O)O[C@@H](C)/C=C\C(=O)N[C@@H]1C[C@H](C)[C@H](C/C=C(C)/C=C/[C@H]2O[C@H](CC(=O)NC3CCC(N(C)C)CC3)CC3(CO3)[C@@H]2O)O[C@@H]1C. The van der Waals surface area contributed by atoms with E-state index < -0.39 is 29.9 Å². The Morgan fingerprint density at radius 3 is 2.40 bits per heavy atom. The Bertz CT molecular complexity index is 1170. The molecule has 0 aromatic heterocycles. The Labute approximate surface area is 280 Å². The van der Waals surface area contributed by atoms with E-state index in [9.17, 15) is 19.5 Å². The number of aliphatic hydroxyl groups excluding tert-OH is 1. The van der Waals surface area contributed by atoms with Crippen LogP contribution in [0.25, 0.3) is 0 Å². The van der Waals surface area contributed by atoms with Crippen molar-refractivity contribution in [3.8, 4) is 0 Å². The second-order valence-corrected chi connectivity index (χ2v) is 14.4. The minimum absolute atomic E-state index is 0.00140. The molecule has 1 unspecified atom stereocenters. The largest absolute Gasteiger partial charge is 0.459 e. The Morgan fingerprint density at radius 2 is 1.77 bits per heavy atom. The van der Waals surface area contributed by atoms with Gasteiger partial charge in [-0.1, -0.05) is 30.7 Å². The molecule has 4 fully saturated rings. The van der Waals surface area contributed by atoms with Gasteiger partial charge in [-0.15, -0.1) is 0 Å². The lowest BCUT2D eigenvalue weighted by Crippen LogP contribution is -2.51. The van der Waals surface area contributed by atoms with E-state index in [0.717, 1.165) is 37.7 Å². The lowest BCUT2D eigenvalue weighted by atomic mass is 9.87. The van der Waals surface area contributed by atoms with Crippen molar-refractivity contribution in [1.82, 2.24) is 15.5 Å². The summed E-state index contributed by atoms with van der Waals surface area (Å²) in [7, 11) is 4.22. The summed E-state index contributed by atoms with van der Waals surface area (Å²) >= 11 is 0. The van der Waals surface area contributed by atoms with E-state index in [1.165, 1.54) is 13.0 Å². The van der Waals surface area contributed by atoms with Crippen LogP contribution < -0.4 is 10.6 Å². The highest BCUT2D eigenvalue weighted by Crippen LogP contribution is 2.43. The minimum atomic E-state index is -0.790. The number of rotatable bonds is 12. The highest BCUT2D eigenvalue weighted by atomic mass is 16.6. The van der Waals surface area contributed by atoms with E-state index in [1.807, 2.05) is 26.0 Å². The number of aliphatic hydroxyl groups is 1. The van der Waals surface area contributed by atoms with Crippen molar-refractivity contribution in [2.75, 3.05) is 20.7 Å².